The molecule has 0 saturated carbocycles. The Kier molecular flexibility index (Phi) is 6.69. The number of urea groups is 1. The number of methoxy groups -OCH3 is 1. The van der Waals surface area contributed by atoms with E-state index < -0.39 is 24.1 Å². The van der Waals surface area contributed by atoms with E-state index in [1.807, 2.05) is 11.9 Å². The molecule has 2 atom stereocenters. The summed E-state index contributed by atoms with van der Waals surface area (Å²) in [4.78, 5) is 26.1. The van der Waals surface area contributed by atoms with Crippen molar-refractivity contribution in [3.63, 3.8) is 0 Å². The summed E-state index contributed by atoms with van der Waals surface area (Å²) in [7, 11) is 3.53. The van der Waals surface area contributed by atoms with Gasteiger partial charge in [0.05, 0.1) is 12.7 Å². The average molecular weight is 289 g/mol. The first kappa shape index (κ1) is 16.7. The highest BCUT2D eigenvalue weighted by atomic mass is 16.5. The zero-order valence-corrected chi connectivity index (χ0v) is 11.9. The molecule has 1 aliphatic rings. The monoisotopic (exact) mass is 289 g/mol. The molecule has 0 bridgehead atoms. The Hall–Kier alpha value is -1.38. The van der Waals surface area contributed by atoms with E-state index >= 15 is 0 Å². The number of carboxylic acid groups (broad SMARTS) is 1. The fourth-order valence-electron chi connectivity index (χ4n) is 2.09. The number of carboxylic acids is 1. The molecule has 1 saturated heterocycles. The lowest BCUT2D eigenvalue weighted by molar-refractivity contribution is -0.141. The summed E-state index contributed by atoms with van der Waals surface area (Å²) >= 11 is 0. The van der Waals surface area contributed by atoms with E-state index in [-0.39, 0.29) is 13.0 Å². The number of aliphatic hydroxyl groups excluding tert-OH is 1. The fraction of sp³-hybridized carbons (Fsp3) is 0.833. The van der Waals surface area contributed by atoms with Crippen LogP contribution in [0.1, 0.15) is 6.42 Å². The third-order valence-corrected chi connectivity index (χ3v) is 3.27. The van der Waals surface area contributed by atoms with E-state index in [9.17, 15) is 14.7 Å². The number of carbonyl (C=O) groups excluding carboxylic acids is 1. The summed E-state index contributed by atoms with van der Waals surface area (Å²) in [5.74, 6) is -1.09. The van der Waals surface area contributed by atoms with Crippen LogP contribution < -0.4 is 5.32 Å². The lowest BCUT2D eigenvalue weighted by Crippen LogP contribution is -2.47. The first-order valence-electron chi connectivity index (χ1n) is 6.58. The smallest absolute Gasteiger partial charge is 0.326 e. The second kappa shape index (κ2) is 8.03. The van der Waals surface area contributed by atoms with Crippen LogP contribution in [0.4, 0.5) is 4.79 Å². The van der Waals surface area contributed by atoms with Gasteiger partial charge in [-0.15, -0.1) is 0 Å². The number of aliphatic hydroxyl groups is 1. The first-order valence-corrected chi connectivity index (χ1v) is 6.58. The van der Waals surface area contributed by atoms with E-state index in [1.165, 1.54) is 4.90 Å². The van der Waals surface area contributed by atoms with Crippen LogP contribution in [0.2, 0.25) is 0 Å². The van der Waals surface area contributed by atoms with E-state index in [2.05, 4.69) is 5.32 Å². The number of hydrogen-bond acceptors (Lipinski definition) is 5. The molecule has 1 aliphatic heterocycles. The average Bonchev–Trinajstić information content (AvgIpc) is 2.78. The van der Waals surface area contributed by atoms with Crippen molar-refractivity contribution in [2.45, 2.75) is 18.6 Å². The predicted molar refractivity (Wildman–Crippen MR) is 71.5 cm³/mol. The van der Waals surface area contributed by atoms with Gasteiger partial charge in [-0.25, -0.2) is 9.59 Å². The number of amides is 2. The molecule has 1 rings (SSSR count). The van der Waals surface area contributed by atoms with Gasteiger partial charge in [-0.3, -0.25) is 0 Å². The maximum Gasteiger partial charge on any atom is 0.326 e. The molecule has 1 unspecified atom stereocenters. The topological polar surface area (TPSA) is 102 Å². The number of rotatable bonds is 7. The van der Waals surface area contributed by atoms with Crippen LogP contribution in [0.5, 0.6) is 0 Å². The van der Waals surface area contributed by atoms with Crippen LogP contribution in [0.25, 0.3) is 0 Å². The standard InChI is InChI=1S/C12H23N3O5/c1-14(5-6-20-2)4-3-13-12(19)15-8-9(16)7-10(15)11(17)18/h9-10,16H,3-8H2,1-2H3,(H,13,19)(H,17,18)/t9?,10-/m0/s1. The Morgan fingerprint density at radius 3 is 2.75 bits per heavy atom. The van der Waals surface area contributed by atoms with Crippen LogP contribution in [0, 0.1) is 0 Å². The molecule has 0 radical (unpaired) electrons. The molecule has 2 amide bonds. The van der Waals surface area contributed by atoms with Crippen LogP contribution in [-0.4, -0.2) is 91.1 Å². The van der Waals surface area contributed by atoms with Crippen molar-refractivity contribution < 1.29 is 24.5 Å². The summed E-state index contributed by atoms with van der Waals surface area (Å²) < 4.78 is 4.94. The van der Waals surface area contributed by atoms with Gasteiger partial charge in [-0.1, -0.05) is 0 Å². The molecule has 0 aromatic carbocycles. The minimum Gasteiger partial charge on any atom is -0.480 e. The predicted octanol–water partition coefficient (Wildman–Crippen LogP) is -1.21. The summed E-state index contributed by atoms with van der Waals surface area (Å²) in [5, 5.41) is 21.1. The van der Waals surface area contributed by atoms with Gasteiger partial charge in [0.15, 0.2) is 0 Å². The number of carbonyl (C=O) groups is 2. The van der Waals surface area contributed by atoms with Crippen molar-refractivity contribution in [1.29, 1.82) is 0 Å². The highest BCUT2D eigenvalue weighted by molar-refractivity contribution is 5.83. The Morgan fingerprint density at radius 2 is 2.15 bits per heavy atom. The van der Waals surface area contributed by atoms with Gasteiger partial charge in [0.1, 0.15) is 6.04 Å². The number of likely N-dealkylation sites (tertiary alicyclic amines) is 1. The minimum atomic E-state index is -1.09. The van der Waals surface area contributed by atoms with E-state index in [0.717, 1.165) is 6.54 Å². The van der Waals surface area contributed by atoms with Crippen LogP contribution in [-0.2, 0) is 9.53 Å². The zero-order valence-electron chi connectivity index (χ0n) is 11.9. The minimum absolute atomic E-state index is 0.0579. The van der Waals surface area contributed by atoms with Crippen molar-refractivity contribution in [3.05, 3.63) is 0 Å². The van der Waals surface area contributed by atoms with Crippen molar-refractivity contribution in [2.75, 3.05) is 46.9 Å². The van der Waals surface area contributed by atoms with Gasteiger partial charge >= 0.3 is 12.0 Å². The largest absolute Gasteiger partial charge is 0.480 e. The molecule has 0 aromatic rings. The lowest BCUT2D eigenvalue weighted by atomic mass is 10.2. The highest BCUT2D eigenvalue weighted by Gasteiger charge is 2.38. The first-order chi connectivity index (χ1) is 9.45. The number of ether oxygens (including phenoxy) is 1. The van der Waals surface area contributed by atoms with Crippen LogP contribution in [0.15, 0.2) is 0 Å². The molecular formula is C12H23N3O5. The maximum absolute atomic E-state index is 11.9. The Morgan fingerprint density at radius 1 is 1.45 bits per heavy atom. The molecule has 1 heterocycles. The van der Waals surface area contributed by atoms with E-state index in [4.69, 9.17) is 9.84 Å². The van der Waals surface area contributed by atoms with Crippen molar-refractivity contribution in [1.82, 2.24) is 15.1 Å². The van der Waals surface area contributed by atoms with Gasteiger partial charge in [0.2, 0.25) is 0 Å². The second-order valence-corrected chi connectivity index (χ2v) is 4.92. The Balaban J connectivity index is 2.33. The van der Waals surface area contributed by atoms with Gasteiger partial charge in [0.25, 0.3) is 0 Å². The number of nitrogens with zero attached hydrogens (tertiary/aromatic N) is 2. The Labute approximate surface area is 118 Å². The summed E-state index contributed by atoms with van der Waals surface area (Å²) in [5.41, 5.74) is 0. The summed E-state index contributed by atoms with van der Waals surface area (Å²) in [6.07, 6.45) is -0.692. The van der Waals surface area contributed by atoms with Crippen LogP contribution in [0.3, 0.4) is 0 Å². The molecule has 20 heavy (non-hydrogen) atoms. The molecular weight excluding hydrogens is 266 g/mol. The third-order valence-electron chi connectivity index (χ3n) is 3.27. The fourth-order valence-corrected chi connectivity index (χ4v) is 2.09. The SMILES string of the molecule is COCCN(C)CCNC(=O)N1CC(O)C[C@H]1C(=O)O. The third kappa shape index (κ3) is 4.95. The molecule has 3 N–H and O–H groups in total. The number of likely N-dealkylation sites (N-methyl/N-ethyl adjacent to an activating group) is 1. The van der Waals surface area contributed by atoms with Gasteiger partial charge in [-0.05, 0) is 7.05 Å². The number of aliphatic carboxylic acids is 1. The summed E-state index contributed by atoms with van der Waals surface area (Å²) in [6.45, 7) is 2.49. The molecule has 8 nitrogen and oxygen atoms in total. The van der Waals surface area contributed by atoms with Gasteiger partial charge in [0, 0.05) is 39.7 Å². The molecule has 0 aliphatic carbocycles. The highest BCUT2D eigenvalue weighted by Crippen LogP contribution is 2.17. The lowest BCUT2D eigenvalue weighted by Gasteiger charge is -2.22. The van der Waals surface area contributed by atoms with Gasteiger partial charge < -0.3 is 30.1 Å². The van der Waals surface area contributed by atoms with Gasteiger partial charge in [-0.2, -0.15) is 0 Å². The zero-order chi connectivity index (χ0) is 15.1. The van der Waals surface area contributed by atoms with Crippen molar-refractivity contribution >= 4 is 12.0 Å². The molecule has 1 fully saturated rings. The number of β-amino-alcohol motifs (C(OH)–C–C–N with tert-alkyl or cyclic N) is 1. The maximum atomic E-state index is 11.9. The summed E-state index contributed by atoms with van der Waals surface area (Å²) in [6, 6.07) is -1.40. The van der Waals surface area contributed by atoms with Crippen LogP contribution >= 0.6 is 0 Å². The van der Waals surface area contributed by atoms with E-state index in [0.29, 0.717) is 19.7 Å². The molecule has 0 aromatic heterocycles. The van der Waals surface area contributed by atoms with Crippen molar-refractivity contribution in [2.24, 2.45) is 0 Å². The number of nitrogens with one attached hydrogen (secondary N) is 1. The molecule has 116 valence electrons. The number of hydrogen-bond donors (Lipinski definition) is 3. The quantitative estimate of drug-likeness (QED) is 0.544. The Bertz CT molecular complexity index is 339. The van der Waals surface area contributed by atoms with E-state index in [1.54, 1.807) is 7.11 Å². The molecule has 0 spiro atoms. The molecule has 8 heteroatoms. The van der Waals surface area contributed by atoms with Crippen molar-refractivity contribution in [3.8, 4) is 0 Å². The second-order valence-electron chi connectivity index (χ2n) is 4.92. The normalized spacial score (nSPS) is 22.3.